The highest BCUT2D eigenvalue weighted by Gasteiger charge is 2.36. The van der Waals surface area contributed by atoms with Crippen molar-refractivity contribution in [3.8, 4) is 50.3 Å². The number of aromatic nitrogens is 3. The first kappa shape index (κ1) is 32.8. The third-order valence-electron chi connectivity index (χ3n) is 12.6. The highest BCUT2D eigenvalue weighted by molar-refractivity contribution is 6.23. The van der Waals surface area contributed by atoms with Gasteiger partial charge in [0.05, 0.1) is 34.0 Å². The quantitative estimate of drug-likeness (QED) is 0.168. The number of hydrogen-bond donors (Lipinski definition) is 0. The van der Waals surface area contributed by atoms with Gasteiger partial charge in [0.15, 0.2) is 0 Å². The lowest BCUT2D eigenvalue weighted by atomic mass is 9.81. The molecular weight excluding hydrogens is 703 g/mol. The van der Waals surface area contributed by atoms with Gasteiger partial charge in [-0.15, -0.1) is 0 Å². The summed E-state index contributed by atoms with van der Waals surface area (Å²) in [5.74, 6) is 0. The molecule has 0 saturated carbocycles. The Hall–Kier alpha value is -7.36. The number of benzene rings is 9. The SMILES string of the molecule is CC1(C)c2cc(-c3ccc(-c4cnc5c6ccccc6c6ccccc6c5n4)cc3)ccc2-c2ccc(-c3cccc(-n4c5ccccc5c5ccccc54)c3)cc21. The van der Waals surface area contributed by atoms with Gasteiger partial charge in [0, 0.05) is 38.2 Å². The van der Waals surface area contributed by atoms with Crippen molar-refractivity contribution in [2.75, 3.05) is 0 Å². The molecule has 0 aliphatic heterocycles. The van der Waals surface area contributed by atoms with Crippen LogP contribution in [0.5, 0.6) is 0 Å². The van der Waals surface area contributed by atoms with E-state index in [9.17, 15) is 0 Å². The summed E-state index contributed by atoms with van der Waals surface area (Å²) in [6.45, 7) is 4.74. The predicted molar refractivity (Wildman–Crippen MR) is 243 cm³/mol. The molecule has 0 bridgehead atoms. The maximum absolute atomic E-state index is 5.22. The Kier molecular flexibility index (Phi) is 6.98. The molecule has 0 radical (unpaired) electrons. The van der Waals surface area contributed by atoms with E-state index in [-0.39, 0.29) is 5.41 Å². The minimum atomic E-state index is -0.158. The second-order valence-electron chi connectivity index (χ2n) is 16.2. The van der Waals surface area contributed by atoms with E-state index in [1.165, 1.54) is 82.8 Å². The Labute approximate surface area is 336 Å². The van der Waals surface area contributed by atoms with Crippen molar-refractivity contribution in [2.45, 2.75) is 19.3 Å². The number of nitrogens with zero attached hydrogens (tertiary/aromatic N) is 3. The van der Waals surface area contributed by atoms with Crippen molar-refractivity contribution in [2.24, 2.45) is 0 Å². The minimum absolute atomic E-state index is 0.158. The zero-order valence-electron chi connectivity index (χ0n) is 32.2. The van der Waals surface area contributed by atoms with Gasteiger partial charge in [0.2, 0.25) is 0 Å². The van der Waals surface area contributed by atoms with Gasteiger partial charge in [-0.3, -0.25) is 4.98 Å². The van der Waals surface area contributed by atoms with Gasteiger partial charge in [-0.1, -0.05) is 159 Å². The summed E-state index contributed by atoms with van der Waals surface area (Å²) in [6, 6.07) is 66.3. The summed E-state index contributed by atoms with van der Waals surface area (Å²) in [5.41, 5.74) is 17.5. The van der Waals surface area contributed by atoms with Crippen molar-refractivity contribution >= 4 is 54.4 Å². The third-order valence-corrected chi connectivity index (χ3v) is 12.6. The van der Waals surface area contributed by atoms with Crippen molar-refractivity contribution in [1.29, 1.82) is 0 Å². The number of rotatable bonds is 4. The molecule has 1 aliphatic rings. The first-order chi connectivity index (χ1) is 28.5. The fourth-order valence-electron chi connectivity index (χ4n) is 9.72. The standard InChI is InChI=1S/C55H37N3/c1-55(2)48-31-37(34-22-24-35(25-23-34)50-33-56-53-46-18-5-3-14-40(46)41-15-4-6-19-47(41)54(53)57-50)26-28-42(48)43-29-27-38(32-49(43)55)36-12-11-13-39(30-36)58-51-20-9-7-16-44(51)45-17-8-10-21-52(45)58/h3-33H,1-2H3. The van der Waals surface area contributed by atoms with Gasteiger partial charge in [-0.05, 0) is 91.7 Å². The van der Waals surface area contributed by atoms with Crippen LogP contribution in [0.3, 0.4) is 0 Å². The molecule has 58 heavy (non-hydrogen) atoms. The predicted octanol–water partition coefficient (Wildman–Crippen LogP) is 14.3. The smallest absolute Gasteiger partial charge is 0.0979 e. The Morgan fingerprint density at radius 2 is 0.879 bits per heavy atom. The molecule has 272 valence electrons. The highest BCUT2D eigenvalue weighted by atomic mass is 15.0. The first-order valence-corrected chi connectivity index (χ1v) is 20.1. The molecule has 0 unspecified atom stereocenters. The van der Waals surface area contributed by atoms with Crippen LogP contribution >= 0.6 is 0 Å². The van der Waals surface area contributed by atoms with Crippen LogP contribution in [-0.4, -0.2) is 14.5 Å². The summed E-state index contributed by atoms with van der Waals surface area (Å²) in [6.07, 6.45) is 1.92. The molecule has 0 N–H and O–H groups in total. The number of hydrogen-bond acceptors (Lipinski definition) is 2. The molecule has 2 heterocycles. The molecular formula is C55H37N3. The lowest BCUT2D eigenvalue weighted by Crippen LogP contribution is -2.15. The van der Waals surface area contributed by atoms with Crippen LogP contribution in [0, 0.1) is 0 Å². The minimum Gasteiger partial charge on any atom is -0.309 e. The normalized spacial score (nSPS) is 13.1. The number of para-hydroxylation sites is 2. The van der Waals surface area contributed by atoms with E-state index < -0.39 is 0 Å². The monoisotopic (exact) mass is 739 g/mol. The summed E-state index contributed by atoms with van der Waals surface area (Å²) in [5, 5.41) is 7.22. The second kappa shape index (κ2) is 12.3. The average molecular weight is 740 g/mol. The Morgan fingerprint density at radius 1 is 0.397 bits per heavy atom. The highest BCUT2D eigenvalue weighted by Crippen LogP contribution is 2.51. The van der Waals surface area contributed by atoms with Crippen molar-refractivity contribution in [3.63, 3.8) is 0 Å². The summed E-state index contributed by atoms with van der Waals surface area (Å²) in [7, 11) is 0. The van der Waals surface area contributed by atoms with Crippen LogP contribution < -0.4 is 0 Å². The van der Waals surface area contributed by atoms with Crippen LogP contribution in [0.1, 0.15) is 25.0 Å². The van der Waals surface area contributed by atoms with E-state index in [0.717, 1.165) is 33.1 Å². The zero-order valence-corrected chi connectivity index (χ0v) is 32.2. The lowest BCUT2D eigenvalue weighted by molar-refractivity contribution is 0.661. The summed E-state index contributed by atoms with van der Waals surface area (Å²) >= 11 is 0. The van der Waals surface area contributed by atoms with Gasteiger partial charge >= 0.3 is 0 Å². The Morgan fingerprint density at radius 3 is 1.50 bits per heavy atom. The molecule has 1 aliphatic carbocycles. The van der Waals surface area contributed by atoms with E-state index in [2.05, 4.69) is 200 Å². The lowest BCUT2D eigenvalue weighted by Gasteiger charge is -2.23. The van der Waals surface area contributed by atoms with Crippen molar-refractivity contribution < 1.29 is 0 Å². The van der Waals surface area contributed by atoms with Gasteiger partial charge in [-0.2, -0.15) is 0 Å². The Balaban J connectivity index is 0.876. The molecule has 0 amide bonds. The van der Waals surface area contributed by atoms with Crippen LogP contribution in [0.2, 0.25) is 0 Å². The van der Waals surface area contributed by atoms with E-state index in [0.29, 0.717) is 0 Å². The maximum atomic E-state index is 5.22. The summed E-state index contributed by atoms with van der Waals surface area (Å²) in [4.78, 5) is 10.2. The number of fused-ring (bicyclic) bond motifs is 12. The molecule has 3 heteroatoms. The topological polar surface area (TPSA) is 30.7 Å². The second-order valence-corrected chi connectivity index (χ2v) is 16.2. The van der Waals surface area contributed by atoms with Crippen molar-refractivity contribution in [3.05, 3.63) is 199 Å². The van der Waals surface area contributed by atoms with Crippen molar-refractivity contribution in [1.82, 2.24) is 14.5 Å². The molecule has 0 saturated heterocycles. The molecule has 0 spiro atoms. The average Bonchev–Trinajstić information content (AvgIpc) is 3.74. The largest absolute Gasteiger partial charge is 0.309 e. The maximum Gasteiger partial charge on any atom is 0.0979 e. The fraction of sp³-hybridized carbons (Fsp3) is 0.0545. The molecule has 9 aromatic carbocycles. The molecule has 12 rings (SSSR count). The molecule has 3 nitrogen and oxygen atoms in total. The van der Waals surface area contributed by atoms with Gasteiger partial charge in [-0.25, -0.2) is 4.98 Å². The Bertz CT molecular complexity index is 3390. The van der Waals surface area contributed by atoms with E-state index in [4.69, 9.17) is 9.97 Å². The van der Waals surface area contributed by atoms with Gasteiger partial charge in [0.1, 0.15) is 0 Å². The van der Waals surface area contributed by atoms with Gasteiger partial charge in [0.25, 0.3) is 0 Å². The van der Waals surface area contributed by atoms with Gasteiger partial charge < -0.3 is 4.57 Å². The molecule has 11 aromatic rings. The van der Waals surface area contributed by atoms with Crippen LogP contribution in [0.25, 0.3) is 105 Å². The summed E-state index contributed by atoms with van der Waals surface area (Å²) < 4.78 is 2.40. The molecule has 0 fully saturated rings. The van der Waals surface area contributed by atoms with Crippen LogP contribution in [-0.2, 0) is 5.41 Å². The molecule has 2 aromatic heterocycles. The zero-order chi connectivity index (χ0) is 38.5. The molecule has 0 atom stereocenters. The fourth-order valence-corrected chi connectivity index (χ4v) is 9.72. The first-order valence-electron chi connectivity index (χ1n) is 20.1. The third kappa shape index (κ3) is 4.80. The van der Waals surface area contributed by atoms with E-state index in [1.807, 2.05) is 6.20 Å². The van der Waals surface area contributed by atoms with E-state index >= 15 is 0 Å². The van der Waals surface area contributed by atoms with Crippen LogP contribution in [0.4, 0.5) is 0 Å². The van der Waals surface area contributed by atoms with Crippen LogP contribution in [0.15, 0.2) is 188 Å². The van der Waals surface area contributed by atoms with E-state index in [1.54, 1.807) is 0 Å².